The summed E-state index contributed by atoms with van der Waals surface area (Å²) < 4.78 is 9.97. The maximum Gasteiger partial charge on any atom is 0.408 e. The van der Waals surface area contributed by atoms with Crippen molar-refractivity contribution in [3.8, 4) is 0 Å². The zero-order valence-electron chi connectivity index (χ0n) is 18.6. The fourth-order valence-corrected chi connectivity index (χ4v) is 3.24. The molecule has 0 aromatic heterocycles. The van der Waals surface area contributed by atoms with Crippen LogP contribution >= 0.6 is 0 Å². The predicted molar refractivity (Wildman–Crippen MR) is 118 cm³/mol. The van der Waals surface area contributed by atoms with Crippen molar-refractivity contribution in [3.63, 3.8) is 0 Å². The monoisotopic (exact) mass is 419 g/mol. The normalized spacial score (nSPS) is 14.1. The van der Waals surface area contributed by atoms with Gasteiger partial charge in [-0.25, -0.2) is 9.59 Å². The van der Waals surface area contributed by atoms with Crippen molar-refractivity contribution in [2.75, 3.05) is 7.11 Å². The quantitative estimate of drug-likeness (QED) is 0.254. The van der Waals surface area contributed by atoms with Crippen LogP contribution in [0.3, 0.4) is 0 Å². The van der Waals surface area contributed by atoms with Crippen LogP contribution in [0.4, 0.5) is 4.79 Å². The molecule has 1 amide bonds. The second-order valence-corrected chi connectivity index (χ2v) is 7.58. The number of benzene rings is 1. The minimum Gasteiger partial charge on any atom is -0.467 e. The minimum absolute atomic E-state index is 0.0990. The van der Waals surface area contributed by atoms with Gasteiger partial charge in [0, 0.05) is 0 Å². The molecular weight excluding hydrogens is 382 g/mol. The molecule has 0 saturated carbocycles. The number of alkyl carbamates (subject to hydrolysis) is 1. The molecule has 6 nitrogen and oxygen atoms in total. The number of esters is 1. The molecule has 6 heteroatoms. The largest absolute Gasteiger partial charge is 0.467 e. The predicted octanol–water partition coefficient (Wildman–Crippen LogP) is 4.90. The van der Waals surface area contributed by atoms with E-state index in [1.54, 1.807) is 6.08 Å². The molecule has 1 aromatic carbocycles. The van der Waals surface area contributed by atoms with E-state index in [1.807, 2.05) is 37.3 Å². The number of hydrogen-bond acceptors (Lipinski definition) is 5. The smallest absolute Gasteiger partial charge is 0.408 e. The van der Waals surface area contributed by atoms with Crippen LogP contribution in [-0.2, 0) is 20.9 Å². The van der Waals surface area contributed by atoms with Crippen LogP contribution in [0.1, 0.15) is 70.8 Å². The molecule has 0 bridgehead atoms. The third kappa shape index (κ3) is 10.4. The SMILES string of the molecule is CCCCCCCC(O)(/C=C/[C@H](NC(=O)OCc1ccccc1)C(=O)OC)CCC. The fraction of sp³-hybridized carbons (Fsp3) is 0.583. The van der Waals surface area contributed by atoms with Gasteiger partial charge < -0.3 is 19.9 Å². The van der Waals surface area contributed by atoms with E-state index in [4.69, 9.17) is 9.47 Å². The van der Waals surface area contributed by atoms with Gasteiger partial charge in [-0.05, 0) is 18.4 Å². The Bertz CT molecular complexity index is 646. The highest BCUT2D eigenvalue weighted by Crippen LogP contribution is 2.23. The summed E-state index contributed by atoms with van der Waals surface area (Å²) in [4.78, 5) is 24.2. The second kappa shape index (κ2) is 14.6. The Labute approximate surface area is 180 Å². The number of carbonyl (C=O) groups is 2. The van der Waals surface area contributed by atoms with Crippen molar-refractivity contribution in [1.82, 2.24) is 5.32 Å². The second-order valence-electron chi connectivity index (χ2n) is 7.58. The number of ether oxygens (including phenoxy) is 2. The lowest BCUT2D eigenvalue weighted by atomic mass is 9.90. The Kier molecular flexibility index (Phi) is 12.5. The van der Waals surface area contributed by atoms with Gasteiger partial charge in [0.1, 0.15) is 12.6 Å². The van der Waals surface area contributed by atoms with Crippen molar-refractivity contribution in [3.05, 3.63) is 48.0 Å². The van der Waals surface area contributed by atoms with Gasteiger partial charge in [-0.2, -0.15) is 0 Å². The van der Waals surface area contributed by atoms with E-state index in [9.17, 15) is 14.7 Å². The van der Waals surface area contributed by atoms with Crippen molar-refractivity contribution in [2.45, 2.75) is 83.5 Å². The zero-order valence-corrected chi connectivity index (χ0v) is 18.6. The molecule has 0 spiro atoms. The Morgan fingerprint density at radius 1 is 1.07 bits per heavy atom. The van der Waals surface area contributed by atoms with E-state index in [2.05, 4.69) is 12.2 Å². The summed E-state index contributed by atoms with van der Waals surface area (Å²) >= 11 is 0. The van der Waals surface area contributed by atoms with Gasteiger partial charge in [0.25, 0.3) is 0 Å². The molecule has 1 unspecified atom stereocenters. The summed E-state index contributed by atoms with van der Waals surface area (Å²) in [5, 5.41) is 13.5. The van der Waals surface area contributed by atoms with Crippen LogP contribution in [0.2, 0.25) is 0 Å². The molecule has 0 heterocycles. The van der Waals surface area contributed by atoms with Gasteiger partial charge in [0.05, 0.1) is 12.7 Å². The number of amides is 1. The maximum atomic E-state index is 12.1. The van der Waals surface area contributed by atoms with Crippen LogP contribution in [0.5, 0.6) is 0 Å². The summed E-state index contributed by atoms with van der Waals surface area (Å²) in [6.07, 6.45) is 9.91. The summed E-state index contributed by atoms with van der Waals surface area (Å²) in [6.45, 7) is 4.27. The Morgan fingerprint density at radius 3 is 2.40 bits per heavy atom. The highest BCUT2D eigenvalue weighted by molar-refractivity contribution is 5.83. The van der Waals surface area contributed by atoms with Crippen molar-refractivity contribution < 1.29 is 24.2 Å². The van der Waals surface area contributed by atoms with Gasteiger partial charge in [-0.1, -0.05) is 94.9 Å². The molecule has 168 valence electrons. The average molecular weight is 420 g/mol. The number of rotatable bonds is 14. The summed E-state index contributed by atoms with van der Waals surface area (Å²) in [7, 11) is 1.26. The van der Waals surface area contributed by atoms with E-state index in [1.165, 1.54) is 26.0 Å². The minimum atomic E-state index is -1.03. The van der Waals surface area contributed by atoms with E-state index in [0.29, 0.717) is 12.8 Å². The van der Waals surface area contributed by atoms with Crippen molar-refractivity contribution in [1.29, 1.82) is 0 Å². The standard InChI is InChI=1S/C24H37NO5/c1-4-6-7-8-12-17-24(28,16-5-2)18-15-21(22(26)29-3)25-23(27)30-19-20-13-10-9-11-14-20/h9-11,13-15,18,21,28H,4-8,12,16-17,19H2,1-3H3,(H,25,27)/b18-15+/t21-,24?/m0/s1. The highest BCUT2D eigenvalue weighted by Gasteiger charge is 2.25. The summed E-state index contributed by atoms with van der Waals surface area (Å²) in [5.74, 6) is -0.621. The molecular formula is C24H37NO5. The molecule has 0 aliphatic heterocycles. The fourth-order valence-electron chi connectivity index (χ4n) is 3.24. The van der Waals surface area contributed by atoms with Crippen LogP contribution < -0.4 is 5.32 Å². The topological polar surface area (TPSA) is 84.9 Å². The van der Waals surface area contributed by atoms with Crippen molar-refractivity contribution >= 4 is 12.1 Å². The first-order valence-electron chi connectivity index (χ1n) is 10.9. The molecule has 1 aromatic rings. The molecule has 1 rings (SSSR count). The summed E-state index contributed by atoms with van der Waals surface area (Å²) in [5.41, 5.74) is -0.165. The number of methoxy groups -OCH3 is 1. The number of aliphatic hydroxyl groups is 1. The van der Waals surface area contributed by atoms with E-state index >= 15 is 0 Å². The maximum absolute atomic E-state index is 12.1. The molecule has 2 atom stereocenters. The lowest BCUT2D eigenvalue weighted by molar-refractivity contribution is -0.141. The van der Waals surface area contributed by atoms with E-state index < -0.39 is 23.7 Å². The molecule has 30 heavy (non-hydrogen) atoms. The molecule has 0 aliphatic carbocycles. The lowest BCUT2D eigenvalue weighted by Gasteiger charge is -2.25. The van der Waals surface area contributed by atoms with Gasteiger partial charge in [-0.15, -0.1) is 0 Å². The van der Waals surface area contributed by atoms with Gasteiger partial charge >= 0.3 is 12.1 Å². The van der Waals surface area contributed by atoms with Gasteiger partial charge in [0.2, 0.25) is 0 Å². The Balaban J connectivity index is 2.68. The third-order valence-corrected chi connectivity index (χ3v) is 4.94. The number of nitrogens with one attached hydrogen (secondary N) is 1. The third-order valence-electron chi connectivity index (χ3n) is 4.94. The molecule has 0 saturated heterocycles. The Hall–Kier alpha value is -2.34. The first kappa shape index (κ1) is 25.7. The first-order chi connectivity index (χ1) is 14.4. The van der Waals surface area contributed by atoms with E-state index in [0.717, 1.165) is 31.2 Å². The van der Waals surface area contributed by atoms with Crippen molar-refractivity contribution in [2.24, 2.45) is 0 Å². The average Bonchev–Trinajstić information content (AvgIpc) is 2.75. The number of hydrogen-bond donors (Lipinski definition) is 2. The number of carbonyl (C=O) groups excluding carboxylic acids is 2. The number of unbranched alkanes of at least 4 members (excludes halogenated alkanes) is 4. The molecule has 2 N–H and O–H groups in total. The first-order valence-corrected chi connectivity index (χ1v) is 10.9. The molecule has 0 fully saturated rings. The lowest BCUT2D eigenvalue weighted by Crippen LogP contribution is -2.41. The molecule has 0 aliphatic rings. The molecule has 0 radical (unpaired) electrons. The Morgan fingerprint density at radius 2 is 1.77 bits per heavy atom. The summed E-state index contributed by atoms with van der Waals surface area (Å²) in [6, 6.07) is 8.25. The van der Waals surface area contributed by atoms with Crippen LogP contribution in [0.15, 0.2) is 42.5 Å². The van der Waals surface area contributed by atoms with Crippen LogP contribution in [0.25, 0.3) is 0 Å². The van der Waals surface area contributed by atoms with Crippen LogP contribution in [-0.4, -0.2) is 35.9 Å². The van der Waals surface area contributed by atoms with Gasteiger partial charge in [0.15, 0.2) is 0 Å². The van der Waals surface area contributed by atoms with Crippen LogP contribution in [0, 0.1) is 0 Å². The van der Waals surface area contributed by atoms with E-state index in [-0.39, 0.29) is 6.61 Å². The highest BCUT2D eigenvalue weighted by atomic mass is 16.6. The zero-order chi connectivity index (χ0) is 22.2. The van der Waals surface area contributed by atoms with Gasteiger partial charge in [-0.3, -0.25) is 0 Å².